The molecule has 9 aromatic rings. The summed E-state index contributed by atoms with van der Waals surface area (Å²) in [7, 11) is 0. The summed E-state index contributed by atoms with van der Waals surface area (Å²) in [6.07, 6.45) is 0. The summed E-state index contributed by atoms with van der Waals surface area (Å²) in [5.74, 6) is 0.705. The fraction of sp³-hybridized carbons (Fsp3) is 0.0189. The second kappa shape index (κ2) is 13.7. The Morgan fingerprint density at radius 3 is 1.36 bits per heavy atom. The van der Waals surface area contributed by atoms with Crippen molar-refractivity contribution in [3.63, 3.8) is 0 Å². The summed E-state index contributed by atoms with van der Waals surface area (Å²) >= 11 is 0. The lowest BCUT2D eigenvalue weighted by atomic mass is 9.67. The van der Waals surface area contributed by atoms with Crippen molar-refractivity contribution in [2.24, 2.45) is 0 Å². The van der Waals surface area contributed by atoms with E-state index in [0.717, 1.165) is 39.2 Å². The van der Waals surface area contributed by atoms with Crippen molar-refractivity contribution in [3.05, 3.63) is 241 Å². The second-order valence-corrected chi connectivity index (χ2v) is 14.1. The van der Waals surface area contributed by atoms with Gasteiger partial charge in [-0.3, -0.25) is 0 Å². The van der Waals surface area contributed by atoms with E-state index in [1.165, 1.54) is 44.5 Å². The van der Waals surface area contributed by atoms with E-state index in [0.29, 0.717) is 5.82 Å². The van der Waals surface area contributed by atoms with E-state index in [1.807, 2.05) is 24.3 Å². The van der Waals surface area contributed by atoms with Gasteiger partial charge in [-0.25, -0.2) is 9.97 Å². The molecule has 0 aliphatic heterocycles. The largest absolute Gasteiger partial charge is 0.228 e. The summed E-state index contributed by atoms with van der Waals surface area (Å²) in [6, 6.07) is 78.2. The maximum absolute atomic E-state index is 5.17. The van der Waals surface area contributed by atoms with Gasteiger partial charge in [-0.05, 0) is 73.8 Å². The zero-order valence-corrected chi connectivity index (χ0v) is 30.2. The second-order valence-electron chi connectivity index (χ2n) is 14.1. The topological polar surface area (TPSA) is 25.8 Å². The van der Waals surface area contributed by atoms with Gasteiger partial charge >= 0.3 is 0 Å². The van der Waals surface area contributed by atoms with Crippen LogP contribution in [0.25, 0.3) is 67.3 Å². The van der Waals surface area contributed by atoms with Crippen LogP contribution in [0.2, 0.25) is 0 Å². The smallest absolute Gasteiger partial charge is 0.160 e. The number of hydrogen-bond donors (Lipinski definition) is 0. The van der Waals surface area contributed by atoms with Crippen LogP contribution in [0.3, 0.4) is 0 Å². The van der Waals surface area contributed by atoms with Crippen LogP contribution in [0.4, 0.5) is 0 Å². The fourth-order valence-corrected chi connectivity index (χ4v) is 8.43. The zero-order chi connectivity index (χ0) is 36.6. The van der Waals surface area contributed by atoms with Gasteiger partial charge in [0.1, 0.15) is 0 Å². The van der Waals surface area contributed by atoms with Crippen molar-refractivity contribution in [2.45, 2.75) is 5.41 Å². The van der Waals surface area contributed by atoms with E-state index in [2.05, 4.69) is 194 Å². The molecule has 0 unspecified atom stereocenters. The lowest BCUT2D eigenvalue weighted by molar-refractivity contribution is 0.769. The lowest BCUT2D eigenvalue weighted by Crippen LogP contribution is -2.28. The number of aromatic nitrogens is 2. The van der Waals surface area contributed by atoms with E-state index >= 15 is 0 Å². The van der Waals surface area contributed by atoms with Gasteiger partial charge in [0.2, 0.25) is 0 Å². The lowest BCUT2D eigenvalue weighted by Gasteiger charge is -2.34. The Morgan fingerprint density at radius 1 is 0.273 bits per heavy atom. The molecule has 0 radical (unpaired) electrons. The number of nitrogens with zero attached hydrogens (tertiary/aromatic N) is 2. The highest BCUT2D eigenvalue weighted by molar-refractivity contribution is 5.87. The quantitative estimate of drug-likeness (QED) is 0.165. The SMILES string of the molecule is c1ccc(-c2ccc(-c3cc(-c4cccc(-c5cccc(C6(c7ccccc7)c7ccccc7-c7ccccc76)c5)c4)nc(-c4ccccc4)n3)cc2)cc1. The van der Waals surface area contributed by atoms with Crippen LogP contribution < -0.4 is 0 Å². The molecule has 8 aromatic carbocycles. The number of fused-ring (bicyclic) bond motifs is 3. The summed E-state index contributed by atoms with van der Waals surface area (Å²) in [5.41, 5.74) is 16.8. The highest BCUT2D eigenvalue weighted by atomic mass is 14.9. The highest BCUT2D eigenvalue weighted by Gasteiger charge is 2.45. The molecule has 0 N–H and O–H groups in total. The van der Waals surface area contributed by atoms with Gasteiger partial charge in [-0.15, -0.1) is 0 Å². The molecule has 0 bridgehead atoms. The van der Waals surface area contributed by atoms with Gasteiger partial charge in [0.25, 0.3) is 0 Å². The first kappa shape index (κ1) is 32.5. The van der Waals surface area contributed by atoms with Crippen LogP contribution in [0.1, 0.15) is 22.3 Å². The average Bonchev–Trinajstić information content (AvgIpc) is 3.58. The average molecular weight is 701 g/mol. The zero-order valence-electron chi connectivity index (χ0n) is 30.2. The Labute approximate surface area is 322 Å². The van der Waals surface area contributed by atoms with Crippen LogP contribution in [0.5, 0.6) is 0 Å². The van der Waals surface area contributed by atoms with Crippen LogP contribution in [0, 0.1) is 0 Å². The predicted molar refractivity (Wildman–Crippen MR) is 227 cm³/mol. The molecule has 55 heavy (non-hydrogen) atoms. The van der Waals surface area contributed by atoms with E-state index in [4.69, 9.17) is 9.97 Å². The van der Waals surface area contributed by atoms with Crippen molar-refractivity contribution in [2.75, 3.05) is 0 Å². The fourth-order valence-electron chi connectivity index (χ4n) is 8.43. The van der Waals surface area contributed by atoms with Crippen molar-refractivity contribution in [1.29, 1.82) is 0 Å². The van der Waals surface area contributed by atoms with Gasteiger partial charge in [0.05, 0.1) is 16.8 Å². The molecule has 0 saturated carbocycles. The molecule has 2 heteroatoms. The van der Waals surface area contributed by atoms with Crippen molar-refractivity contribution < 1.29 is 0 Å². The number of hydrogen-bond acceptors (Lipinski definition) is 2. The molecule has 0 amide bonds. The van der Waals surface area contributed by atoms with Crippen LogP contribution in [-0.2, 0) is 5.41 Å². The third-order valence-electron chi connectivity index (χ3n) is 11.0. The molecular weight excluding hydrogens is 665 g/mol. The number of rotatable bonds is 7. The molecule has 0 spiro atoms. The predicted octanol–water partition coefficient (Wildman–Crippen LogP) is 13.2. The third kappa shape index (κ3) is 5.67. The Kier molecular flexibility index (Phi) is 8.08. The molecule has 1 aliphatic rings. The molecule has 1 aliphatic carbocycles. The van der Waals surface area contributed by atoms with Gasteiger partial charge in [0.15, 0.2) is 5.82 Å². The van der Waals surface area contributed by atoms with Crippen molar-refractivity contribution >= 4 is 0 Å². The third-order valence-corrected chi connectivity index (χ3v) is 11.0. The standard InChI is InChI=1S/C53H36N2/c1-4-16-37(17-5-1)38-30-32-39(33-31-38)50-36-51(55-52(54-50)40-18-6-2-7-19-40)43-22-14-20-41(34-43)42-21-15-25-45(35-42)53(44-23-8-3-9-24-44)48-28-12-10-26-46(48)47-27-11-13-29-49(47)53/h1-36H. The summed E-state index contributed by atoms with van der Waals surface area (Å²) < 4.78 is 0. The first-order valence-electron chi connectivity index (χ1n) is 18.8. The van der Waals surface area contributed by atoms with Gasteiger partial charge in [-0.2, -0.15) is 0 Å². The van der Waals surface area contributed by atoms with Crippen LogP contribution in [0.15, 0.2) is 218 Å². The van der Waals surface area contributed by atoms with Gasteiger partial charge < -0.3 is 0 Å². The van der Waals surface area contributed by atoms with E-state index in [9.17, 15) is 0 Å². The maximum Gasteiger partial charge on any atom is 0.160 e. The van der Waals surface area contributed by atoms with E-state index in [-0.39, 0.29) is 0 Å². The van der Waals surface area contributed by atoms with E-state index < -0.39 is 5.41 Å². The van der Waals surface area contributed by atoms with Gasteiger partial charge in [0, 0.05) is 16.7 Å². The number of benzene rings is 8. The minimum Gasteiger partial charge on any atom is -0.228 e. The Hall–Kier alpha value is -7.16. The summed E-state index contributed by atoms with van der Waals surface area (Å²) in [5, 5.41) is 0. The molecule has 2 nitrogen and oxygen atoms in total. The molecule has 0 saturated heterocycles. The highest BCUT2D eigenvalue weighted by Crippen LogP contribution is 2.56. The normalized spacial score (nSPS) is 12.5. The molecule has 0 fully saturated rings. The molecule has 10 rings (SSSR count). The summed E-state index contributed by atoms with van der Waals surface area (Å²) in [4.78, 5) is 10.3. The van der Waals surface area contributed by atoms with Crippen LogP contribution in [-0.4, -0.2) is 9.97 Å². The Balaban J connectivity index is 1.09. The Morgan fingerprint density at radius 2 is 0.709 bits per heavy atom. The Bertz CT molecular complexity index is 2740. The first-order chi connectivity index (χ1) is 27.3. The minimum absolute atomic E-state index is 0.454. The molecular formula is C53H36N2. The molecule has 1 heterocycles. The van der Waals surface area contributed by atoms with Crippen molar-refractivity contribution in [3.8, 4) is 67.3 Å². The maximum atomic E-state index is 5.17. The van der Waals surface area contributed by atoms with E-state index in [1.54, 1.807) is 0 Å². The molecule has 258 valence electrons. The molecule has 0 atom stereocenters. The minimum atomic E-state index is -0.454. The first-order valence-corrected chi connectivity index (χ1v) is 18.8. The van der Waals surface area contributed by atoms with Crippen molar-refractivity contribution in [1.82, 2.24) is 9.97 Å². The van der Waals surface area contributed by atoms with Crippen LogP contribution >= 0.6 is 0 Å². The molecule has 1 aromatic heterocycles. The van der Waals surface area contributed by atoms with Gasteiger partial charge in [-0.1, -0.05) is 200 Å². The monoisotopic (exact) mass is 700 g/mol. The summed E-state index contributed by atoms with van der Waals surface area (Å²) in [6.45, 7) is 0.